The lowest BCUT2D eigenvalue weighted by Gasteiger charge is -2.40. The molecule has 0 radical (unpaired) electrons. The van der Waals surface area contributed by atoms with Gasteiger partial charge in [0.2, 0.25) is 0 Å². The summed E-state index contributed by atoms with van der Waals surface area (Å²) in [6.45, 7) is 5.34. The Morgan fingerprint density at radius 1 is 1.12 bits per heavy atom. The molecule has 0 aliphatic carbocycles. The molecule has 1 N–H and O–H groups in total. The lowest BCUT2D eigenvalue weighted by atomic mass is 9.97. The highest BCUT2D eigenvalue weighted by Crippen LogP contribution is 2.31. The third-order valence-electron chi connectivity index (χ3n) is 5.73. The van der Waals surface area contributed by atoms with Gasteiger partial charge in [-0.2, -0.15) is 0 Å². The third-order valence-corrected chi connectivity index (χ3v) is 7.87. The normalized spacial score (nSPS) is 19.4. The number of carbonyl (C=O) groups is 2. The number of likely N-dealkylation sites (tertiary alicyclic amines) is 1. The van der Waals surface area contributed by atoms with Crippen molar-refractivity contribution in [2.45, 2.75) is 63.1 Å². The second-order valence-electron chi connectivity index (χ2n) is 8.27. The summed E-state index contributed by atoms with van der Waals surface area (Å²) >= 11 is 12.2. The molecule has 184 valence electrons. The molecule has 11 heteroatoms. The lowest BCUT2D eigenvalue weighted by Crippen LogP contribution is -2.51. The maximum absolute atomic E-state index is 13.9. The van der Waals surface area contributed by atoms with Gasteiger partial charge in [0, 0.05) is 12.1 Å². The van der Waals surface area contributed by atoms with E-state index in [1.54, 1.807) is 4.90 Å². The Balaban J connectivity index is 1.84. The second-order valence-corrected chi connectivity index (χ2v) is 10.7. The molecular formula is C23H25Cl2FN2O5S. The Bertz CT molecular complexity index is 1200. The first-order chi connectivity index (χ1) is 15.9. The third kappa shape index (κ3) is 5.64. The van der Waals surface area contributed by atoms with Gasteiger partial charge in [-0.1, -0.05) is 35.3 Å². The van der Waals surface area contributed by atoms with Crippen LogP contribution in [0.2, 0.25) is 10.0 Å². The number of esters is 1. The Hall–Kier alpha value is -2.36. The molecule has 3 atom stereocenters. The smallest absolute Gasteiger partial charge is 0.340 e. The minimum Gasteiger partial charge on any atom is -0.449 e. The van der Waals surface area contributed by atoms with E-state index in [4.69, 9.17) is 27.9 Å². The van der Waals surface area contributed by atoms with E-state index in [1.807, 2.05) is 13.8 Å². The van der Waals surface area contributed by atoms with Crippen molar-refractivity contribution in [3.05, 3.63) is 57.8 Å². The monoisotopic (exact) mass is 530 g/mol. The van der Waals surface area contributed by atoms with Crippen LogP contribution in [0.3, 0.4) is 0 Å². The van der Waals surface area contributed by atoms with Gasteiger partial charge in [0.15, 0.2) is 6.10 Å². The number of hydrogen-bond donors (Lipinski definition) is 1. The molecule has 0 saturated carbocycles. The summed E-state index contributed by atoms with van der Waals surface area (Å²) in [5.41, 5.74) is -0.582. The summed E-state index contributed by atoms with van der Waals surface area (Å²) in [4.78, 5) is 27.0. The van der Waals surface area contributed by atoms with Crippen LogP contribution in [0, 0.1) is 5.82 Å². The van der Waals surface area contributed by atoms with Crippen molar-refractivity contribution in [3.8, 4) is 0 Å². The Labute approximate surface area is 208 Å². The first-order valence-electron chi connectivity index (χ1n) is 10.7. The van der Waals surface area contributed by atoms with Gasteiger partial charge in [-0.15, -0.1) is 0 Å². The predicted octanol–water partition coefficient (Wildman–Crippen LogP) is 5.27. The van der Waals surface area contributed by atoms with E-state index in [-0.39, 0.29) is 39.3 Å². The zero-order chi connectivity index (χ0) is 25.2. The first-order valence-corrected chi connectivity index (χ1v) is 13.0. The van der Waals surface area contributed by atoms with Crippen LogP contribution in [0.1, 0.15) is 50.4 Å². The fourth-order valence-electron chi connectivity index (χ4n) is 3.98. The largest absolute Gasteiger partial charge is 0.449 e. The first kappa shape index (κ1) is 26.2. The number of amides is 1. The summed E-state index contributed by atoms with van der Waals surface area (Å²) in [7, 11) is -4.38. The number of carbonyl (C=O) groups excluding carboxylic acids is 2. The SMILES string of the molecule is C[C@H](OC(=O)c1cc(S(=O)(=O)Nc2ccccc2F)c(Cl)cc1Cl)C(=O)N1[C@H](C)CCC[C@H]1C. The van der Waals surface area contributed by atoms with Crippen molar-refractivity contribution in [1.29, 1.82) is 0 Å². The summed E-state index contributed by atoms with van der Waals surface area (Å²) < 4.78 is 47.1. The quantitative estimate of drug-likeness (QED) is 0.513. The zero-order valence-electron chi connectivity index (χ0n) is 18.8. The van der Waals surface area contributed by atoms with E-state index in [0.29, 0.717) is 0 Å². The lowest BCUT2D eigenvalue weighted by molar-refractivity contribution is -0.146. The fraction of sp³-hybridized carbons (Fsp3) is 0.391. The van der Waals surface area contributed by atoms with Crippen LogP contribution in [0.4, 0.5) is 10.1 Å². The molecular weight excluding hydrogens is 506 g/mol. The van der Waals surface area contributed by atoms with Gasteiger partial charge < -0.3 is 9.64 Å². The molecule has 3 rings (SSSR count). The molecule has 1 saturated heterocycles. The summed E-state index contributed by atoms with van der Waals surface area (Å²) in [6, 6.07) is 7.24. The fourth-order valence-corrected chi connectivity index (χ4v) is 5.89. The maximum atomic E-state index is 13.9. The summed E-state index contributed by atoms with van der Waals surface area (Å²) in [6.07, 6.45) is 1.61. The van der Waals surface area contributed by atoms with Crippen LogP contribution in [0.15, 0.2) is 41.3 Å². The summed E-state index contributed by atoms with van der Waals surface area (Å²) in [5.74, 6) is -2.11. The molecule has 1 amide bonds. The second kappa shape index (κ2) is 10.5. The van der Waals surface area contributed by atoms with Gasteiger partial charge in [-0.05, 0) is 64.3 Å². The number of para-hydroxylation sites is 1. The molecule has 0 bridgehead atoms. The summed E-state index contributed by atoms with van der Waals surface area (Å²) in [5, 5.41) is -0.426. The minimum atomic E-state index is -4.38. The number of hydrogen-bond acceptors (Lipinski definition) is 5. The molecule has 7 nitrogen and oxygen atoms in total. The van der Waals surface area contributed by atoms with Crippen molar-refractivity contribution in [2.24, 2.45) is 0 Å². The van der Waals surface area contributed by atoms with Crippen molar-refractivity contribution < 1.29 is 27.1 Å². The molecule has 1 aliphatic rings. The topological polar surface area (TPSA) is 92.8 Å². The maximum Gasteiger partial charge on any atom is 0.340 e. The van der Waals surface area contributed by atoms with Crippen molar-refractivity contribution >= 4 is 50.8 Å². The molecule has 0 unspecified atom stereocenters. The van der Waals surface area contributed by atoms with Crippen LogP contribution < -0.4 is 4.72 Å². The van der Waals surface area contributed by atoms with Crippen LogP contribution in [0.25, 0.3) is 0 Å². The van der Waals surface area contributed by atoms with Crippen LogP contribution in [-0.4, -0.2) is 43.4 Å². The van der Waals surface area contributed by atoms with E-state index >= 15 is 0 Å². The average molecular weight is 531 g/mol. The van der Waals surface area contributed by atoms with Crippen molar-refractivity contribution in [1.82, 2.24) is 4.90 Å². The van der Waals surface area contributed by atoms with Crippen LogP contribution >= 0.6 is 23.2 Å². The van der Waals surface area contributed by atoms with Crippen LogP contribution in [0.5, 0.6) is 0 Å². The van der Waals surface area contributed by atoms with E-state index in [0.717, 1.165) is 37.5 Å². The number of ether oxygens (including phenoxy) is 1. The molecule has 1 fully saturated rings. The molecule has 1 aliphatic heterocycles. The zero-order valence-corrected chi connectivity index (χ0v) is 21.2. The Morgan fingerprint density at radius 2 is 1.74 bits per heavy atom. The Morgan fingerprint density at radius 3 is 2.35 bits per heavy atom. The van der Waals surface area contributed by atoms with Gasteiger partial charge in [0.25, 0.3) is 15.9 Å². The molecule has 2 aromatic carbocycles. The highest BCUT2D eigenvalue weighted by Gasteiger charge is 2.34. The molecule has 0 aromatic heterocycles. The van der Waals surface area contributed by atoms with E-state index in [2.05, 4.69) is 4.72 Å². The van der Waals surface area contributed by atoms with E-state index in [9.17, 15) is 22.4 Å². The van der Waals surface area contributed by atoms with Crippen molar-refractivity contribution in [2.75, 3.05) is 4.72 Å². The highest BCUT2D eigenvalue weighted by atomic mass is 35.5. The molecule has 0 spiro atoms. The van der Waals surface area contributed by atoms with E-state index < -0.39 is 32.8 Å². The van der Waals surface area contributed by atoms with Gasteiger partial charge in [0.1, 0.15) is 10.7 Å². The molecule has 2 aromatic rings. The van der Waals surface area contributed by atoms with Crippen LogP contribution in [-0.2, 0) is 19.6 Å². The highest BCUT2D eigenvalue weighted by molar-refractivity contribution is 7.92. The molecule has 1 heterocycles. The number of anilines is 1. The average Bonchev–Trinajstić information content (AvgIpc) is 2.74. The minimum absolute atomic E-state index is 0.0118. The van der Waals surface area contributed by atoms with E-state index in [1.165, 1.54) is 25.1 Å². The standard InChI is InChI=1S/C23H25Cl2FN2O5S/c1-13-7-6-8-14(2)28(13)22(29)15(3)33-23(30)16-11-21(18(25)12-17(16)24)34(31,32)27-20-10-5-4-9-19(20)26/h4-5,9-15,27H,6-8H2,1-3H3/t13-,14-,15+/m1/s1. The number of benzene rings is 2. The number of rotatable bonds is 6. The number of sulfonamides is 1. The number of halogens is 3. The van der Waals surface area contributed by atoms with Gasteiger partial charge >= 0.3 is 5.97 Å². The van der Waals surface area contributed by atoms with Gasteiger partial charge in [0.05, 0.1) is 21.3 Å². The molecule has 34 heavy (non-hydrogen) atoms. The van der Waals surface area contributed by atoms with Gasteiger partial charge in [-0.3, -0.25) is 9.52 Å². The number of nitrogens with one attached hydrogen (secondary N) is 1. The van der Waals surface area contributed by atoms with Crippen molar-refractivity contribution in [3.63, 3.8) is 0 Å². The number of nitrogens with zero attached hydrogens (tertiary/aromatic N) is 1. The van der Waals surface area contributed by atoms with Gasteiger partial charge in [-0.25, -0.2) is 17.6 Å². The number of piperidine rings is 1. The Kier molecular flexibility index (Phi) is 8.10. The predicted molar refractivity (Wildman–Crippen MR) is 128 cm³/mol.